The van der Waals surface area contributed by atoms with Gasteiger partial charge in [-0.05, 0) is 34.7 Å². The molecule has 0 heterocycles. The number of amides is 1. The van der Waals surface area contributed by atoms with Crippen molar-refractivity contribution in [3.63, 3.8) is 0 Å². The zero-order chi connectivity index (χ0) is 12.8. The summed E-state index contributed by atoms with van der Waals surface area (Å²) in [5.74, 6) is 0.0375. The molecule has 0 saturated carbocycles. The van der Waals surface area contributed by atoms with Crippen LogP contribution in [0.1, 0.15) is 10.4 Å². The molecule has 0 bridgehead atoms. The van der Waals surface area contributed by atoms with Gasteiger partial charge in [0.15, 0.2) is 0 Å². The predicted molar refractivity (Wildman–Crippen MR) is 80.7 cm³/mol. The molecule has 17 heavy (non-hydrogen) atoms. The lowest BCUT2D eigenvalue weighted by Gasteiger charge is -2.20. The lowest BCUT2D eigenvalue weighted by atomic mass is 10.2. The van der Waals surface area contributed by atoms with Crippen molar-refractivity contribution in [2.75, 3.05) is 27.3 Å². The molecule has 3 nitrogen and oxygen atoms in total. The van der Waals surface area contributed by atoms with Gasteiger partial charge in [-0.3, -0.25) is 4.79 Å². The first-order valence-electron chi connectivity index (χ1n) is 5.19. The standard InChI is InChI=1S/C12H15BrINO2/c1-15(7-9(13)8-17-2)12(16)10-5-3-4-6-11(10)14/h3-6,9H,7-8H2,1-2H3. The second-order valence-corrected chi connectivity index (χ2v) is 6.18. The molecule has 1 aromatic rings. The van der Waals surface area contributed by atoms with Crippen LogP contribution in [0.3, 0.4) is 0 Å². The highest BCUT2D eigenvalue weighted by Crippen LogP contribution is 2.14. The number of benzene rings is 1. The van der Waals surface area contributed by atoms with E-state index in [2.05, 4.69) is 38.5 Å². The maximum atomic E-state index is 12.2. The molecule has 0 aliphatic rings. The Balaban J connectivity index is 2.67. The van der Waals surface area contributed by atoms with Crippen molar-refractivity contribution in [2.45, 2.75) is 4.83 Å². The van der Waals surface area contributed by atoms with Crippen LogP contribution in [-0.2, 0) is 4.74 Å². The number of carbonyl (C=O) groups excluding carboxylic acids is 1. The van der Waals surface area contributed by atoms with Crippen LogP contribution >= 0.6 is 38.5 Å². The van der Waals surface area contributed by atoms with Crippen molar-refractivity contribution in [1.29, 1.82) is 0 Å². The zero-order valence-corrected chi connectivity index (χ0v) is 13.6. The third-order valence-electron chi connectivity index (χ3n) is 2.27. The monoisotopic (exact) mass is 411 g/mol. The van der Waals surface area contributed by atoms with Gasteiger partial charge in [-0.25, -0.2) is 0 Å². The van der Waals surface area contributed by atoms with E-state index in [1.807, 2.05) is 24.3 Å². The summed E-state index contributed by atoms with van der Waals surface area (Å²) in [5, 5.41) is 0. The SMILES string of the molecule is COCC(Br)CN(C)C(=O)c1ccccc1I. The van der Waals surface area contributed by atoms with E-state index in [1.54, 1.807) is 19.1 Å². The number of hydrogen-bond donors (Lipinski definition) is 0. The Labute approximate surface area is 124 Å². The maximum Gasteiger partial charge on any atom is 0.254 e. The van der Waals surface area contributed by atoms with Crippen molar-refractivity contribution in [3.05, 3.63) is 33.4 Å². The summed E-state index contributed by atoms with van der Waals surface area (Å²) in [7, 11) is 3.45. The second-order valence-electron chi connectivity index (χ2n) is 3.72. The summed E-state index contributed by atoms with van der Waals surface area (Å²) in [6.07, 6.45) is 0. The number of carbonyl (C=O) groups is 1. The fourth-order valence-electron chi connectivity index (χ4n) is 1.45. The molecule has 0 saturated heterocycles. The number of alkyl halides is 1. The number of rotatable bonds is 5. The quantitative estimate of drug-likeness (QED) is 0.550. The van der Waals surface area contributed by atoms with Crippen LogP contribution in [0, 0.1) is 3.57 Å². The van der Waals surface area contributed by atoms with E-state index < -0.39 is 0 Å². The smallest absolute Gasteiger partial charge is 0.254 e. The maximum absolute atomic E-state index is 12.2. The first-order chi connectivity index (χ1) is 8.06. The van der Waals surface area contributed by atoms with Gasteiger partial charge in [0.1, 0.15) is 0 Å². The third-order valence-corrected chi connectivity index (χ3v) is 3.77. The van der Waals surface area contributed by atoms with Crippen LogP contribution in [0.4, 0.5) is 0 Å². The largest absolute Gasteiger partial charge is 0.383 e. The minimum Gasteiger partial charge on any atom is -0.383 e. The molecule has 0 aromatic heterocycles. The predicted octanol–water partition coefficient (Wildman–Crippen LogP) is 2.77. The van der Waals surface area contributed by atoms with Crippen molar-refractivity contribution in [3.8, 4) is 0 Å². The average molecular weight is 412 g/mol. The Bertz CT molecular complexity index is 387. The number of hydrogen-bond acceptors (Lipinski definition) is 2. The molecular weight excluding hydrogens is 397 g/mol. The molecule has 1 amide bonds. The third kappa shape index (κ3) is 4.56. The van der Waals surface area contributed by atoms with Gasteiger partial charge < -0.3 is 9.64 Å². The Hall–Kier alpha value is -0.140. The van der Waals surface area contributed by atoms with E-state index >= 15 is 0 Å². The number of ether oxygens (including phenoxy) is 1. The van der Waals surface area contributed by atoms with Gasteiger partial charge in [0, 0.05) is 24.3 Å². The van der Waals surface area contributed by atoms with E-state index in [4.69, 9.17) is 4.74 Å². The summed E-state index contributed by atoms with van der Waals surface area (Å²) < 4.78 is 6.00. The van der Waals surface area contributed by atoms with E-state index in [9.17, 15) is 4.79 Å². The molecule has 0 fully saturated rings. The fraction of sp³-hybridized carbons (Fsp3) is 0.417. The van der Waals surface area contributed by atoms with Gasteiger partial charge in [0.05, 0.1) is 17.0 Å². The van der Waals surface area contributed by atoms with Gasteiger partial charge in [0.25, 0.3) is 5.91 Å². The molecule has 0 spiro atoms. The van der Waals surface area contributed by atoms with Crippen LogP contribution in [0.2, 0.25) is 0 Å². The molecule has 0 N–H and O–H groups in total. The molecule has 5 heteroatoms. The molecule has 94 valence electrons. The van der Waals surface area contributed by atoms with Crippen LogP contribution in [0.5, 0.6) is 0 Å². The van der Waals surface area contributed by atoms with Crippen molar-refractivity contribution in [2.24, 2.45) is 0 Å². The molecule has 1 unspecified atom stereocenters. The van der Waals surface area contributed by atoms with Gasteiger partial charge >= 0.3 is 0 Å². The number of halogens is 2. The van der Waals surface area contributed by atoms with Crippen molar-refractivity contribution >= 4 is 44.4 Å². The van der Waals surface area contributed by atoms with Crippen molar-refractivity contribution in [1.82, 2.24) is 4.90 Å². The second kappa shape index (κ2) is 7.33. The van der Waals surface area contributed by atoms with E-state index in [0.29, 0.717) is 13.2 Å². The minimum atomic E-state index is 0.0375. The molecular formula is C12H15BrINO2. The van der Waals surface area contributed by atoms with Gasteiger partial charge in [-0.2, -0.15) is 0 Å². The van der Waals surface area contributed by atoms with Crippen molar-refractivity contribution < 1.29 is 9.53 Å². The Morgan fingerprint density at radius 3 is 2.76 bits per heavy atom. The van der Waals surface area contributed by atoms with Gasteiger partial charge in [0.2, 0.25) is 0 Å². The average Bonchev–Trinajstić information content (AvgIpc) is 2.29. The molecule has 0 aliphatic carbocycles. The van der Waals surface area contributed by atoms with Crippen LogP contribution < -0.4 is 0 Å². The Morgan fingerprint density at radius 1 is 1.53 bits per heavy atom. The summed E-state index contributed by atoms with van der Waals surface area (Å²) in [5.41, 5.74) is 0.743. The first-order valence-corrected chi connectivity index (χ1v) is 7.18. The minimum absolute atomic E-state index is 0.0375. The topological polar surface area (TPSA) is 29.5 Å². The lowest BCUT2D eigenvalue weighted by molar-refractivity contribution is 0.0783. The van der Waals surface area contributed by atoms with Crippen LogP contribution in [0.15, 0.2) is 24.3 Å². The highest BCUT2D eigenvalue weighted by Gasteiger charge is 2.16. The first kappa shape index (κ1) is 14.9. The highest BCUT2D eigenvalue weighted by atomic mass is 127. The van der Waals surface area contributed by atoms with E-state index in [-0.39, 0.29) is 10.7 Å². The van der Waals surface area contributed by atoms with Gasteiger partial charge in [-0.1, -0.05) is 28.1 Å². The number of nitrogens with zero attached hydrogens (tertiary/aromatic N) is 1. The van der Waals surface area contributed by atoms with Crippen LogP contribution in [-0.4, -0.2) is 42.9 Å². The van der Waals surface area contributed by atoms with Crippen LogP contribution in [0.25, 0.3) is 0 Å². The summed E-state index contributed by atoms with van der Waals surface area (Å²) in [6, 6.07) is 7.59. The summed E-state index contributed by atoms with van der Waals surface area (Å²) >= 11 is 5.65. The van der Waals surface area contributed by atoms with E-state index in [1.165, 1.54) is 0 Å². The zero-order valence-electron chi connectivity index (χ0n) is 9.82. The molecule has 0 radical (unpaired) electrons. The summed E-state index contributed by atoms with van der Waals surface area (Å²) in [6.45, 7) is 1.21. The molecule has 0 aliphatic heterocycles. The Kier molecular flexibility index (Phi) is 6.43. The molecule has 1 aromatic carbocycles. The summed E-state index contributed by atoms with van der Waals surface area (Å²) in [4.78, 5) is 14.0. The fourth-order valence-corrected chi connectivity index (χ4v) is 2.77. The molecule has 1 atom stereocenters. The highest BCUT2D eigenvalue weighted by molar-refractivity contribution is 14.1. The van der Waals surface area contributed by atoms with Gasteiger partial charge in [-0.15, -0.1) is 0 Å². The van der Waals surface area contributed by atoms with E-state index in [0.717, 1.165) is 9.13 Å². The Morgan fingerprint density at radius 2 is 2.18 bits per heavy atom. The number of methoxy groups -OCH3 is 1. The lowest BCUT2D eigenvalue weighted by Crippen LogP contribution is -2.34. The normalized spacial score (nSPS) is 12.2. The molecule has 1 rings (SSSR count).